The summed E-state index contributed by atoms with van der Waals surface area (Å²) in [5.41, 5.74) is -0.915. The summed E-state index contributed by atoms with van der Waals surface area (Å²) >= 11 is 23.3. The van der Waals surface area contributed by atoms with E-state index in [4.69, 9.17) is 46.4 Å². The van der Waals surface area contributed by atoms with Crippen LogP contribution in [0.2, 0.25) is 20.1 Å². The van der Waals surface area contributed by atoms with Crippen LogP contribution < -0.4 is 10.2 Å². The van der Waals surface area contributed by atoms with Gasteiger partial charge in [0.05, 0.1) is 43.2 Å². The van der Waals surface area contributed by atoms with Gasteiger partial charge >= 0.3 is 0 Å². The molecule has 0 unspecified atom stereocenters. The van der Waals surface area contributed by atoms with Gasteiger partial charge in [-0.3, -0.25) is 14.5 Å². The molecular weight excluding hydrogens is 396 g/mol. The fraction of sp³-hybridized carbons (Fsp3) is 0.167. The van der Waals surface area contributed by atoms with Crippen molar-refractivity contribution in [3.05, 3.63) is 31.2 Å². The lowest BCUT2D eigenvalue weighted by molar-refractivity contribution is -0.319. The molecule has 11 heteroatoms. The number of carbonyl (C=O) groups is 4. The van der Waals surface area contributed by atoms with E-state index in [1.807, 2.05) is 0 Å². The number of carbonyl (C=O) groups excluding carboxylic acids is 4. The molecule has 0 aromatic heterocycles. The molecule has 1 aliphatic heterocycles. The van der Waals surface area contributed by atoms with Crippen LogP contribution in [0.5, 0.6) is 0 Å². The Bertz CT molecular complexity index is 731. The zero-order valence-electron chi connectivity index (χ0n) is 10.7. The minimum atomic E-state index is -2.10. The Morgan fingerprint density at radius 3 is 1.57 bits per heavy atom. The maximum Gasteiger partial charge on any atom is 0.263 e. The molecule has 0 bridgehead atoms. The normalized spacial score (nSPS) is 14.9. The van der Waals surface area contributed by atoms with Crippen molar-refractivity contribution in [1.82, 2.24) is 4.90 Å². The number of fused-ring (bicyclic) bond motifs is 1. The van der Waals surface area contributed by atoms with Gasteiger partial charge in [0.1, 0.15) is 0 Å². The van der Waals surface area contributed by atoms with Gasteiger partial charge in [-0.2, -0.15) is 0 Å². The fourth-order valence-electron chi connectivity index (χ4n) is 2.09. The molecule has 1 aromatic rings. The molecule has 1 aliphatic rings. The number of benzene rings is 1. The van der Waals surface area contributed by atoms with Crippen LogP contribution in [0, 0.1) is 0 Å². The third kappa shape index (κ3) is 2.74. The molecule has 0 spiro atoms. The van der Waals surface area contributed by atoms with Crippen LogP contribution >= 0.6 is 46.4 Å². The third-order valence-corrected chi connectivity index (χ3v) is 4.88. The van der Waals surface area contributed by atoms with Crippen LogP contribution in [0.3, 0.4) is 0 Å². The Hall–Kier alpha value is -1.54. The van der Waals surface area contributed by atoms with Gasteiger partial charge in [0.2, 0.25) is 0 Å². The molecule has 0 saturated carbocycles. The van der Waals surface area contributed by atoms with E-state index in [1.165, 1.54) is 0 Å². The first-order valence-corrected chi connectivity index (χ1v) is 7.25. The van der Waals surface area contributed by atoms with E-state index in [1.54, 1.807) is 0 Å². The summed E-state index contributed by atoms with van der Waals surface area (Å²) in [6.07, 6.45) is -1.16. The Morgan fingerprint density at radius 1 is 0.870 bits per heavy atom. The van der Waals surface area contributed by atoms with Gasteiger partial charge in [-0.1, -0.05) is 46.4 Å². The minimum Gasteiger partial charge on any atom is -0.550 e. The number of rotatable bonds is 4. The van der Waals surface area contributed by atoms with Crippen LogP contribution in [-0.2, 0) is 9.59 Å². The number of hydrogen-bond donors (Lipinski definition) is 0. The van der Waals surface area contributed by atoms with Crippen molar-refractivity contribution in [3.8, 4) is 0 Å². The molecule has 1 aromatic carbocycles. The first-order valence-electron chi connectivity index (χ1n) is 5.74. The second-order valence-corrected chi connectivity index (χ2v) is 5.91. The van der Waals surface area contributed by atoms with Gasteiger partial charge in [0.15, 0.2) is 0 Å². The average molecular weight is 399 g/mol. The summed E-state index contributed by atoms with van der Waals surface area (Å²) in [5, 5.41) is 20.4. The first-order chi connectivity index (χ1) is 10.6. The predicted octanol–water partition coefficient (Wildman–Crippen LogP) is 0.155. The lowest BCUT2D eigenvalue weighted by atomic mass is 10.1. The van der Waals surface area contributed by atoms with E-state index in [2.05, 4.69) is 0 Å². The summed E-state index contributed by atoms with van der Waals surface area (Å²) in [5.74, 6) is -6.12. The van der Waals surface area contributed by atoms with E-state index in [0.717, 1.165) is 0 Å². The second-order valence-electron chi connectivity index (χ2n) is 4.40. The maximum absolute atomic E-state index is 12.3. The SMILES string of the molecule is O=C([O-])C[C@H](C(=O)[O-])N1C(=O)c2c(Cl)c(Cl)c(Cl)c(Cl)c2C1=O. The molecule has 1 heterocycles. The number of hydrogen-bond acceptors (Lipinski definition) is 6. The lowest BCUT2D eigenvalue weighted by Gasteiger charge is -2.27. The van der Waals surface area contributed by atoms with E-state index in [-0.39, 0.29) is 14.9 Å². The third-order valence-electron chi connectivity index (χ3n) is 3.08. The van der Waals surface area contributed by atoms with E-state index >= 15 is 0 Å². The van der Waals surface area contributed by atoms with Crippen molar-refractivity contribution in [2.24, 2.45) is 0 Å². The van der Waals surface area contributed by atoms with Crippen molar-refractivity contribution >= 4 is 70.2 Å². The largest absolute Gasteiger partial charge is 0.550 e. The van der Waals surface area contributed by atoms with Gasteiger partial charge in [-0.15, -0.1) is 0 Å². The fourth-order valence-corrected chi connectivity index (χ4v) is 3.10. The number of amides is 2. The summed E-state index contributed by atoms with van der Waals surface area (Å²) in [6, 6.07) is -2.10. The highest BCUT2D eigenvalue weighted by Crippen LogP contribution is 2.45. The molecule has 0 N–H and O–H groups in total. The van der Waals surface area contributed by atoms with Crippen LogP contribution in [0.15, 0.2) is 0 Å². The van der Waals surface area contributed by atoms with Crippen LogP contribution in [0.4, 0.5) is 0 Å². The molecule has 0 radical (unpaired) electrons. The molecule has 122 valence electrons. The lowest BCUT2D eigenvalue weighted by Crippen LogP contribution is -2.52. The molecule has 23 heavy (non-hydrogen) atoms. The van der Waals surface area contributed by atoms with Crippen molar-refractivity contribution in [3.63, 3.8) is 0 Å². The molecule has 0 saturated heterocycles. The van der Waals surface area contributed by atoms with Gasteiger partial charge in [0, 0.05) is 12.4 Å². The number of carboxylic acid groups (broad SMARTS) is 2. The van der Waals surface area contributed by atoms with E-state index in [0.29, 0.717) is 0 Å². The Labute approximate surface area is 148 Å². The smallest absolute Gasteiger partial charge is 0.263 e. The molecule has 7 nitrogen and oxygen atoms in total. The number of nitrogens with zero attached hydrogens (tertiary/aromatic N) is 1. The Morgan fingerprint density at radius 2 is 1.26 bits per heavy atom. The summed E-state index contributed by atoms with van der Waals surface area (Å²) in [6.45, 7) is 0. The number of carboxylic acids is 2. The van der Waals surface area contributed by atoms with Crippen molar-refractivity contribution in [1.29, 1.82) is 0 Å². The highest BCUT2D eigenvalue weighted by atomic mass is 35.5. The average Bonchev–Trinajstić information content (AvgIpc) is 2.71. The predicted molar refractivity (Wildman–Crippen MR) is 75.4 cm³/mol. The number of imide groups is 1. The van der Waals surface area contributed by atoms with Gasteiger partial charge in [-0.25, -0.2) is 0 Å². The zero-order chi connectivity index (χ0) is 17.6. The summed E-state index contributed by atoms with van der Waals surface area (Å²) < 4.78 is 0. The number of halogens is 4. The molecule has 1 atom stereocenters. The molecule has 0 fully saturated rings. The Balaban J connectivity index is 2.66. The van der Waals surface area contributed by atoms with Gasteiger partial charge in [-0.05, 0) is 0 Å². The van der Waals surface area contributed by atoms with E-state index in [9.17, 15) is 29.4 Å². The Kier molecular flexibility index (Phi) is 4.77. The molecule has 2 rings (SSSR count). The molecule has 2 amide bonds. The summed E-state index contributed by atoms with van der Waals surface area (Å²) in [4.78, 5) is 46.6. The first kappa shape index (κ1) is 17.8. The monoisotopic (exact) mass is 397 g/mol. The molecular formula is C12H3Cl4NO6-2. The van der Waals surface area contributed by atoms with Crippen molar-refractivity contribution in [2.45, 2.75) is 12.5 Å². The number of aliphatic carboxylic acids is 2. The van der Waals surface area contributed by atoms with Crippen LogP contribution in [-0.4, -0.2) is 34.7 Å². The summed E-state index contributed by atoms with van der Waals surface area (Å²) in [7, 11) is 0. The van der Waals surface area contributed by atoms with Crippen LogP contribution in [0.25, 0.3) is 0 Å². The minimum absolute atomic E-state index is 0.167. The highest BCUT2D eigenvalue weighted by molar-refractivity contribution is 6.55. The van der Waals surface area contributed by atoms with Crippen molar-refractivity contribution in [2.75, 3.05) is 0 Å². The highest BCUT2D eigenvalue weighted by Gasteiger charge is 2.45. The topological polar surface area (TPSA) is 118 Å². The zero-order valence-corrected chi connectivity index (χ0v) is 13.7. The molecule has 0 aliphatic carbocycles. The second kappa shape index (κ2) is 6.16. The quantitative estimate of drug-likeness (QED) is 0.405. The van der Waals surface area contributed by atoms with Crippen molar-refractivity contribution < 1.29 is 29.4 Å². The van der Waals surface area contributed by atoms with E-state index < -0.39 is 57.4 Å². The van der Waals surface area contributed by atoms with Crippen LogP contribution in [0.1, 0.15) is 27.1 Å². The standard InChI is InChI=1S/C12H5Cl4NO6/c13-6-4-5(7(14)9(16)8(6)15)11(21)17(10(4)20)2(12(22)23)1-3(18)19/h2H,1H2,(H,18,19)(H,22,23)/p-2/t2-/m1/s1. The van der Waals surface area contributed by atoms with Gasteiger partial charge in [0.25, 0.3) is 11.8 Å². The maximum atomic E-state index is 12.3. The van der Waals surface area contributed by atoms with Gasteiger partial charge < -0.3 is 19.8 Å².